The fourth-order valence-electron chi connectivity index (χ4n) is 1.39. The summed E-state index contributed by atoms with van der Waals surface area (Å²) in [6.07, 6.45) is 1.74. The normalized spacial score (nSPS) is 13.7. The lowest BCUT2D eigenvalue weighted by molar-refractivity contribution is 0.0698. The van der Waals surface area contributed by atoms with Gasteiger partial charge in [-0.25, -0.2) is 9.97 Å². The van der Waals surface area contributed by atoms with Crippen LogP contribution in [0.2, 0.25) is 0 Å². The summed E-state index contributed by atoms with van der Waals surface area (Å²) >= 11 is 0. The van der Waals surface area contributed by atoms with E-state index in [4.69, 9.17) is 4.74 Å². The van der Waals surface area contributed by atoms with E-state index >= 15 is 0 Å². The molecule has 4 nitrogen and oxygen atoms in total. The Morgan fingerprint density at radius 2 is 2.12 bits per heavy atom. The molecule has 0 spiro atoms. The van der Waals surface area contributed by atoms with Crippen LogP contribution in [0, 0.1) is 0 Å². The number of aromatic nitrogens is 2. The molecule has 17 heavy (non-hydrogen) atoms. The SMILES string of the molecule is CCOC(C)c1nccc(CNC(C)(C)C)n1. The van der Waals surface area contributed by atoms with Crippen LogP contribution in [-0.4, -0.2) is 22.1 Å². The van der Waals surface area contributed by atoms with Crippen LogP contribution >= 0.6 is 0 Å². The van der Waals surface area contributed by atoms with E-state index < -0.39 is 0 Å². The van der Waals surface area contributed by atoms with Crippen molar-refractivity contribution in [2.45, 2.75) is 52.8 Å². The largest absolute Gasteiger partial charge is 0.371 e. The van der Waals surface area contributed by atoms with Gasteiger partial charge in [0.05, 0.1) is 5.69 Å². The van der Waals surface area contributed by atoms with Gasteiger partial charge in [0.1, 0.15) is 6.10 Å². The molecular formula is C13H23N3O. The van der Waals surface area contributed by atoms with E-state index in [9.17, 15) is 0 Å². The van der Waals surface area contributed by atoms with Crippen LogP contribution in [0.3, 0.4) is 0 Å². The number of nitrogens with one attached hydrogen (secondary N) is 1. The van der Waals surface area contributed by atoms with Crippen LogP contribution < -0.4 is 5.32 Å². The molecule has 1 heterocycles. The molecule has 0 fully saturated rings. The molecule has 1 rings (SSSR count). The molecule has 0 aromatic carbocycles. The molecule has 1 unspecified atom stereocenters. The minimum Gasteiger partial charge on any atom is -0.371 e. The van der Waals surface area contributed by atoms with Crippen LogP contribution in [0.1, 0.15) is 52.2 Å². The van der Waals surface area contributed by atoms with E-state index in [1.165, 1.54) is 0 Å². The van der Waals surface area contributed by atoms with Gasteiger partial charge in [0.15, 0.2) is 5.82 Å². The van der Waals surface area contributed by atoms with Gasteiger partial charge in [0.2, 0.25) is 0 Å². The number of hydrogen-bond donors (Lipinski definition) is 1. The van der Waals surface area contributed by atoms with Gasteiger partial charge in [-0.1, -0.05) is 0 Å². The highest BCUT2D eigenvalue weighted by Gasteiger charge is 2.11. The van der Waals surface area contributed by atoms with E-state index in [1.807, 2.05) is 19.9 Å². The lowest BCUT2D eigenvalue weighted by Gasteiger charge is -2.20. The number of ether oxygens (including phenoxy) is 1. The first-order chi connectivity index (χ1) is 7.92. The molecule has 0 saturated heterocycles. The fourth-order valence-corrected chi connectivity index (χ4v) is 1.39. The molecule has 96 valence electrons. The van der Waals surface area contributed by atoms with Crippen molar-refractivity contribution in [1.29, 1.82) is 0 Å². The second-order valence-corrected chi connectivity index (χ2v) is 5.11. The van der Waals surface area contributed by atoms with Gasteiger partial charge >= 0.3 is 0 Å². The third-order valence-electron chi connectivity index (χ3n) is 2.31. The Bertz CT molecular complexity index is 347. The molecule has 0 aliphatic rings. The van der Waals surface area contributed by atoms with Crippen molar-refractivity contribution in [2.24, 2.45) is 0 Å². The first-order valence-corrected chi connectivity index (χ1v) is 6.11. The minimum atomic E-state index is -0.0467. The highest BCUT2D eigenvalue weighted by molar-refractivity contribution is 5.04. The van der Waals surface area contributed by atoms with Gasteiger partial charge in [-0.2, -0.15) is 0 Å². The van der Waals surface area contributed by atoms with Crippen LogP contribution in [-0.2, 0) is 11.3 Å². The Kier molecular flexibility index (Phi) is 5.02. The van der Waals surface area contributed by atoms with E-state index in [-0.39, 0.29) is 11.6 Å². The predicted octanol–water partition coefficient (Wildman–Crippen LogP) is 2.46. The zero-order valence-electron chi connectivity index (χ0n) is 11.4. The van der Waals surface area contributed by atoms with E-state index in [0.717, 1.165) is 18.1 Å². The van der Waals surface area contributed by atoms with E-state index in [0.29, 0.717) is 6.61 Å². The number of rotatable bonds is 5. The Morgan fingerprint density at radius 3 is 2.71 bits per heavy atom. The third kappa shape index (κ3) is 5.24. The lowest BCUT2D eigenvalue weighted by atomic mass is 10.1. The molecule has 4 heteroatoms. The summed E-state index contributed by atoms with van der Waals surface area (Å²) in [7, 11) is 0. The van der Waals surface area contributed by atoms with Crippen molar-refractivity contribution in [3.8, 4) is 0 Å². The summed E-state index contributed by atoms with van der Waals surface area (Å²) in [5, 5.41) is 3.41. The topological polar surface area (TPSA) is 47.0 Å². The van der Waals surface area contributed by atoms with Crippen LogP contribution in [0.25, 0.3) is 0 Å². The predicted molar refractivity (Wildman–Crippen MR) is 68.7 cm³/mol. The zero-order chi connectivity index (χ0) is 12.9. The molecule has 0 amide bonds. The van der Waals surface area contributed by atoms with Gasteiger partial charge in [-0.05, 0) is 40.7 Å². The average Bonchev–Trinajstić information content (AvgIpc) is 2.26. The zero-order valence-corrected chi connectivity index (χ0v) is 11.4. The maximum Gasteiger partial charge on any atom is 0.157 e. The van der Waals surface area contributed by atoms with Crippen molar-refractivity contribution in [3.05, 3.63) is 23.8 Å². The fraction of sp³-hybridized carbons (Fsp3) is 0.692. The van der Waals surface area contributed by atoms with Crippen molar-refractivity contribution in [3.63, 3.8) is 0 Å². The van der Waals surface area contributed by atoms with E-state index in [2.05, 4.69) is 36.1 Å². The lowest BCUT2D eigenvalue weighted by Crippen LogP contribution is -2.35. The average molecular weight is 237 g/mol. The molecule has 1 aromatic heterocycles. The van der Waals surface area contributed by atoms with Crippen LogP contribution in [0.4, 0.5) is 0 Å². The Labute approximate surface area is 104 Å². The second kappa shape index (κ2) is 6.07. The number of nitrogens with zero attached hydrogens (tertiary/aromatic N) is 2. The van der Waals surface area contributed by atoms with Gasteiger partial charge in [0.25, 0.3) is 0 Å². The standard InChI is InChI=1S/C13H23N3O/c1-6-17-10(2)12-14-8-7-11(16-12)9-15-13(3,4)5/h7-8,10,15H,6,9H2,1-5H3. The van der Waals surface area contributed by atoms with Gasteiger partial charge in [0, 0.05) is 24.9 Å². The summed E-state index contributed by atoms with van der Waals surface area (Å²) in [6, 6.07) is 1.93. The van der Waals surface area contributed by atoms with Crippen LogP contribution in [0.15, 0.2) is 12.3 Å². The molecule has 0 aliphatic heterocycles. The molecule has 0 aliphatic carbocycles. The van der Waals surface area contributed by atoms with Gasteiger partial charge < -0.3 is 10.1 Å². The van der Waals surface area contributed by atoms with Crippen molar-refractivity contribution < 1.29 is 4.74 Å². The van der Waals surface area contributed by atoms with Gasteiger partial charge in [-0.15, -0.1) is 0 Å². The first kappa shape index (κ1) is 14.1. The summed E-state index contributed by atoms with van der Waals surface area (Å²) < 4.78 is 5.48. The highest BCUT2D eigenvalue weighted by atomic mass is 16.5. The van der Waals surface area contributed by atoms with Crippen molar-refractivity contribution in [1.82, 2.24) is 15.3 Å². The monoisotopic (exact) mass is 237 g/mol. The molecular weight excluding hydrogens is 214 g/mol. The summed E-state index contributed by atoms with van der Waals surface area (Å²) in [6.45, 7) is 11.8. The second-order valence-electron chi connectivity index (χ2n) is 5.11. The van der Waals surface area contributed by atoms with Crippen molar-refractivity contribution in [2.75, 3.05) is 6.61 Å². The molecule has 1 aromatic rings. The summed E-state index contributed by atoms with van der Waals surface area (Å²) in [4.78, 5) is 8.73. The Hall–Kier alpha value is -1.00. The first-order valence-electron chi connectivity index (χ1n) is 6.11. The maximum atomic E-state index is 5.48. The molecule has 0 radical (unpaired) electrons. The summed E-state index contributed by atoms with van der Waals surface area (Å²) in [5.74, 6) is 0.750. The molecule has 0 bridgehead atoms. The molecule has 1 N–H and O–H groups in total. The van der Waals surface area contributed by atoms with E-state index in [1.54, 1.807) is 6.20 Å². The quantitative estimate of drug-likeness (QED) is 0.854. The molecule has 0 saturated carbocycles. The highest BCUT2D eigenvalue weighted by Crippen LogP contribution is 2.11. The Morgan fingerprint density at radius 1 is 1.41 bits per heavy atom. The third-order valence-corrected chi connectivity index (χ3v) is 2.31. The number of hydrogen-bond acceptors (Lipinski definition) is 4. The Balaban J connectivity index is 2.66. The minimum absolute atomic E-state index is 0.0467. The summed E-state index contributed by atoms with van der Waals surface area (Å²) in [5.41, 5.74) is 1.09. The maximum absolute atomic E-state index is 5.48. The molecule has 1 atom stereocenters. The smallest absolute Gasteiger partial charge is 0.157 e. The van der Waals surface area contributed by atoms with Crippen LogP contribution in [0.5, 0.6) is 0 Å². The van der Waals surface area contributed by atoms with Gasteiger partial charge in [-0.3, -0.25) is 0 Å². The van der Waals surface area contributed by atoms with Crippen molar-refractivity contribution >= 4 is 0 Å².